The fourth-order valence-electron chi connectivity index (χ4n) is 2.22. The van der Waals surface area contributed by atoms with Crippen LogP contribution in [0.15, 0.2) is 48.5 Å². The number of amides is 1. The van der Waals surface area contributed by atoms with Gasteiger partial charge in [0.05, 0.1) is 0 Å². The first-order valence-corrected chi connectivity index (χ1v) is 7.13. The van der Waals surface area contributed by atoms with E-state index in [1.807, 2.05) is 42.6 Å². The van der Waals surface area contributed by atoms with Crippen LogP contribution in [-0.4, -0.2) is 11.9 Å². The van der Waals surface area contributed by atoms with Crippen LogP contribution in [0, 0.1) is 11.6 Å². The molecule has 0 heterocycles. The molecule has 5 heteroatoms. The molecule has 0 aromatic heterocycles. The number of benzene rings is 2. The molecule has 22 heavy (non-hydrogen) atoms. The Kier molecular flexibility index (Phi) is 5.22. The quantitative estimate of drug-likeness (QED) is 0.876. The topological polar surface area (TPSA) is 45.7 Å². The lowest BCUT2D eigenvalue weighted by Crippen LogP contribution is -2.91. The number of halogens is 2. The van der Waals surface area contributed by atoms with Gasteiger partial charge in [0.2, 0.25) is 0 Å². The van der Waals surface area contributed by atoms with Gasteiger partial charge >= 0.3 is 0 Å². The van der Waals surface area contributed by atoms with Gasteiger partial charge in [-0.05, 0) is 26.0 Å². The fourth-order valence-corrected chi connectivity index (χ4v) is 2.22. The third-order valence-corrected chi connectivity index (χ3v) is 3.50. The Morgan fingerprint density at radius 2 is 1.73 bits per heavy atom. The highest BCUT2D eigenvalue weighted by atomic mass is 19.2. The lowest BCUT2D eigenvalue weighted by Gasteiger charge is -2.17. The summed E-state index contributed by atoms with van der Waals surface area (Å²) in [4.78, 5) is 12.1. The molecule has 0 spiro atoms. The number of quaternary nitrogens is 1. The second kappa shape index (κ2) is 7.13. The summed E-state index contributed by atoms with van der Waals surface area (Å²) < 4.78 is 26.0. The van der Waals surface area contributed by atoms with Crippen molar-refractivity contribution in [1.29, 1.82) is 0 Å². The number of carbonyl (C=O) groups excluding carboxylic acids is 1. The van der Waals surface area contributed by atoms with Crippen LogP contribution in [-0.2, 0) is 4.79 Å². The molecule has 3 N–H and O–H groups in total. The number of hydrogen-bond acceptors (Lipinski definition) is 1. The van der Waals surface area contributed by atoms with E-state index in [0.717, 1.165) is 17.7 Å². The lowest BCUT2D eigenvalue weighted by atomic mass is 10.1. The molecular formula is C17H19F2N2O+. The summed E-state index contributed by atoms with van der Waals surface area (Å²) in [6, 6.07) is 12.9. The molecule has 0 fully saturated rings. The molecular weight excluding hydrogens is 286 g/mol. The summed E-state index contributed by atoms with van der Waals surface area (Å²) >= 11 is 0. The highest BCUT2D eigenvalue weighted by Crippen LogP contribution is 2.13. The number of nitrogens with two attached hydrogens (primary N) is 1. The first-order valence-electron chi connectivity index (χ1n) is 7.13. The maximum Gasteiger partial charge on any atom is 0.282 e. The third kappa shape index (κ3) is 4.11. The van der Waals surface area contributed by atoms with Crippen molar-refractivity contribution in [1.82, 2.24) is 0 Å². The average Bonchev–Trinajstić information content (AvgIpc) is 2.51. The molecule has 3 nitrogen and oxygen atoms in total. The molecule has 0 unspecified atom stereocenters. The van der Waals surface area contributed by atoms with Crippen molar-refractivity contribution in [3.05, 3.63) is 65.7 Å². The minimum absolute atomic E-state index is 0.118. The molecule has 2 aromatic carbocycles. The first kappa shape index (κ1) is 16.1. The van der Waals surface area contributed by atoms with Crippen LogP contribution in [0.3, 0.4) is 0 Å². The van der Waals surface area contributed by atoms with Crippen LogP contribution in [0.5, 0.6) is 0 Å². The first-order chi connectivity index (χ1) is 10.5. The lowest BCUT2D eigenvalue weighted by molar-refractivity contribution is -0.709. The Labute approximate surface area is 128 Å². The number of carbonyl (C=O) groups is 1. The summed E-state index contributed by atoms with van der Waals surface area (Å²) in [6.07, 6.45) is 0. The zero-order valence-electron chi connectivity index (χ0n) is 12.5. The van der Waals surface area contributed by atoms with E-state index in [2.05, 4.69) is 5.32 Å². The highest BCUT2D eigenvalue weighted by Gasteiger charge is 2.20. The van der Waals surface area contributed by atoms with E-state index >= 15 is 0 Å². The van der Waals surface area contributed by atoms with Crippen molar-refractivity contribution < 1.29 is 18.9 Å². The van der Waals surface area contributed by atoms with Crippen molar-refractivity contribution >= 4 is 11.6 Å². The van der Waals surface area contributed by atoms with Gasteiger partial charge in [-0.1, -0.05) is 30.3 Å². The summed E-state index contributed by atoms with van der Waals surface area (Å²) in [6.45, 7) is 3.78. The summed E-state index contributed by atoms with van der Waals surface area (Å²) in [5.41, 5.74) is 1.37. The number of rotatable bonds is 5. The van der Waals surface area contributed by atoms with E-state index in [-0.39, 0.29) is 23.7 Å². The zero-order valence-corrected chi connectivity index (χ0v) is 12.5. The number of nitrogens with one attached hydrogen (secondary N) is 1. The Morgan fingerprint density at radius 1 is 1.05 bits per heavy atom. The van der Waals surface area contributed by atoms with E-state index in [0.29, 0.717) is 0 Å². The number of hydrogen-bond donors (Lipinski definition) is 2. The summed E-state index contributed by atoms with van der Waals surface area (Å²) in [5, 5.41) is 4.51. The van der Waals surface area contributed by atoms with Gasteiger partial charge in [-0.3, -0.25) is 4.79 Å². The molecule has 0 bridgehead atoms. The van der Waals surface area contributed by atoms with Gasteiger partial charge in [0.25, 0.3) is 5.91 Å². The molecule has 116 valence electrons. The van der Waals surface area contributed by atoms with E-state index in [4.69, 9.17) is 0 Å². The van der Waals surface area contributed by atoms with E-state index < -0.39 is 11.6 Å². The molecule has 0 saturated carbocycles. The summed E-state index contributed by atoms with van der Waals surface area (Å²) in [5.74, 6) is -2.17. The van der Waals surface area contributed by atoms with Gasteiger partial charge in [-0.25, -0.2) is 8.78 Å². The van der Waals surface area contributed by atoms with Gasteiger partial charge in [-0.15, -0.1) is 0 Å². The van der Waals surface area contributed by atoms with Crippen molar-refractivity contribution in [2.24, 2.45) is 0 Å². The van der Waals surface area contributed by atoms with Crippen LogP contribution < -0.4 is 10.6 Å². The Morgan fingerprint density at radius 3 is 2.36 bits per heavy atom. The Bertz CT molecular complexity index is 646. The monoisotopic (exact) mass is 305 g/mol. The molecule has 0 aliphatic carbocycles. The molecule has 2 rings (SSSR count). The second-order valence-corrected chi connectivity index (χ2v) is 5.30. The van der Waals surface area contributed by atoms with Crippen LogP contribution >= 0.6 is 0 Å². The van der Waals surface area contributed by atoms with E-state index in [9.17, 15) is 13.6 Å². The van der Waals surface area contributed by atoms with Crippen molar-refractivity contribution in [3.8, 4) is 0 Å². The third-order valence-electron chi connectivity index (χ3n) is 3.50. The zero-order chi connectivity index (χ0) is 16.1. The fraction of sp³-hybridized carbons (Fsp3) is 0.235. The molecule has 0 aliphatic rings. The molecule has 1 amide bonds. The van der Waals surface area contributed by atoms with Gasteiger partial charge < -0.3 is 10.6 Å². The molecule has 0 radical (unpaired) electrons. The SMILES string of the molecule is C[C@@H]([NH2+][C@H](C)c1ccccc1)C(=O)Nc1ccc(F)c(F)c1. The average molecular weight is 305 g/mol. The second-order valence-electron chi connectivity index (χ2n) is 5.30. The van der Waals surface area contributed by atoms with Gasteiger partial charge in [-0.2, -0.15) is 0 Å². The minimum atomic E-state index is -0.980. The van der Waals surface area contributed by atoms with E-state index in [1.54, 1.807) is 6.92 Å². The number of anilines is 1. The predicted octanol–water partition coefficient (Wildman–Crippen LogP) is 2.62. The van der Waals surface area contributed by atoms with Crippen LogP contribution in [0.25, 0.3) is 0 Å². The van der Waals surface area contributed by atoms with E-state index in [1.165, 1.54) is 6.07 Å². The molecule has 2 aromatic rings. The van der Waals surface area contributed by atoms with Gasteiger partial charge in [0.1, 0.15) is 6.04 Å². The Balaban J connectivity index is 1.95. The van der Waals surface area contributed by atoms with Gasteiger partial charge in [0, 0.05) is 17.3 Å². The van der Waals surface area contributed by atoms with Crippen molar-refractivity contribution in [2.75, 3.05) is 5.32 Å². The molecule has 0 saturated heterocycles. The van der Waals surface area contributed by atoms with Crippen LogP contribution in [0.4, 0.5) is 14.5 Å². The van der Waals surface area contributed by atoms with Crippen molar-refractivity contribution in [2.45, 2.75) is 25.9 Å². The molecule has 2 atom stereocenters. The normalized spacial score (nSPS) is 13.5. The van der Waals surface area contributed by atoms with Gasteiger partial charge in [0.15, 0.2) is 17.7 Å². The van der Waals surface area contributed by atoms with Crippen LogP contribution in [0.2, 0.25) is 0 Å². The highest BCUT2D eigenvalue weighted by molar-refractivity contribution is 5.93. The summed E-state index contributed by atoms with van der Waals surface area (Å²) in [7, 11) is 0. The Hall–Kier alpha value is -2.27. The standard InChI is InChI=1S/C17H18F2N2O/c1-11(13-6-4-3-5-7-13)20-12(2)17(22)21-14-8-9-15(18)16(19)10-14/h3-12,20H,1-2H3,(H,21,22)/p+1/t11-,12-/m1/s1. The smallest absolute Gasteiger partial charge is 0.282 e. The predicted molar refractivity (Wildman–Crippen MR) is 81.2 cm³/mol. The molecule has 0 aliphatic heterocycles. The maximum atomic E-state index is 13.1. The van der Waals surface area contributed by atoms with Crippen molar-refractivity contribution in [3.63, 3.8) is 0 Å². The minimum Gasteiger partial charge on any atom is -0.330 e. The van der Waals surface area contributed by atoms with Crippen LogP contribution in [0.1, 0.15) is 25.5 Å². The maximum absolute atomic E-state index is 13.1. The largest absolute Gasteiger partial charge is 0.330 e.